The van der Waals surface area contributed by atoms with E-state index >= 15 is 0 Å². The van der Waals surface area contributed by atoms with Crippen LogP contribution in [0.4, 0.5) is 0 Å². The second-order valence-electron chi connectivity index (χ2n) is 8.53. The van der Waals surface area contributed by atoms with Gasteiger partial charge in [0.15, 0.2) is 6.10 Å². The summed E-state index contributed by atoms with van der Waals surface area (Å²) in [6.07, 6.45) is -6.31. The van der Waals surface area contributed by atoms with Crippen LogP contribution in [0.15, 0.2) is 24.3 Å². The smallest absolute Gasteiger partial charge is 0.305 e. The predicted octanol–water partition coefficient (Wildman–Crippen LogP) is -1.44. The maximum atomic E-state index is 12.5. The third-order valence-corrected chi connectivity index (χ3v) is 5.12. The molecule has 2 amide bonds. The molecule has 0 radical (unpaired) electrons. The minimum Gasteiger partial charge on any atom is -0.481 e. The average molecular weight is 470 g/mol. The molecule has 0 aliphatic rings. The molecule has 9 N–H and O–H groups in total. The first kappa shape index (κ1) is 28.5. The number of aryl methyl sites for hydroxylation is 1. The number of carboxylic acid groups (broad SMARTS) is 1. The van der Waals surface area contributed by atoms with Crippen LogP contribution in [0.1, 0.15) is 43.9 Å². The number of nitrogens with one attached hydrogen (secondary N) is 2. The summed E-state index contributed by atoms with van der Waals surface area (Å²) in [5.74, 6) is -2.88. The number of carboxylic acids is 1. The highest BCUT2D eigenvalue weighted by molar-refractivity contribution is 5.83. The number of aliphatic carboxylic acids is 1. The molecular weight excluding hydrogens is 434 g/mol. The molecule has 0 saturated heterocycles. The van der Waals surface area contributed by atoms with Crippen LogP contribution in [-0.4, -0.2) is 80.3 Å². The topological polar surface area (TPSA) is 202 Å². The van der Waals surface area contributed by atoms with Crippen molar-refractivity contribution in [1.82, 2.24) is 10.6 Å². The van der Waals surface area contributed by atoms with Gasteiger partial charge in [-0.1, -0.05) is 43.7 Å². The molecule has 11 nitrogen and oxygen atoms in total. The van der Waals surface area contributed by atoms with E-state index in [1.807, 2.05) is 20.8 Å². The monoisotopic (exact) mass is 469 g/mol. The SMILES string of the molecule is Cc1ccc(C(CC(=O)O)NC(=O)C(O)C(O)C(O)C(CO)NC(=O)C(N)CC(C)C)cc1. The van der Waals surface area contributed by atoms with Gasteiger partial charge >= 0.3 is 5.97 Å². The first-order chi connectivity index (χ1) is 15.4. The summed E-state index contributed by atoms with van der Waals surface area (Å²) in [6.45, 7) is 4.76. The second-order valence-corrected chi connectivity index (χ2v) is 8.53. The molecule has 0 saturated carbocycles. The highest BCUT2D eigenvalue weighted by Gasteiger charge is 2.37. The van der Waals surface area contributed by atoms with E-state index in [4.69, 9.17) is 10.8 Å². The Morgan fingerprint density at radius 2 is 1.55 bits per heavy atom. The van der Waals surface area contributed by atoms with Crippen LogP contribution < -0.4 is 16.4 Å². The molecule has 0 heterocycles. The Kier molecular flexibility index (Phi) is 11.4. The Hall–Kier alpha value is -2.57. The molecule has 6 unspecified atom stereocenters. The molecule has 0 fully saturated rings. The molecule has 0 aliphatic carbocycles. The summed E-state index contributed by atoms with van der Waals surface area (Å²) in [6, 6.07) is 3.38. The summed E-state index contributed by atoms with van der Waals surface area (Å²) < 4.78 is 0. The summed E-state index contributed by atoms with van der Waals surface area (Å²) in [5, 5.41) is 54.2. The van der Waals surface area contributed by atoms with Crippen molar-refractivity contribution in [3.63, 3.8) is 0 Å². The Morgan fingerprint density at radius 3 is 2.03 bits per heavy atom. The third-order valence-electron chi connectivity index (χ3n) is 5.12. The highest BCUT2D eigenvalue weighted by Crippen LogP contribution is 2.18. The molecule has 1 aromatic rings. The van der Waals surface area contributed by atoms with Gasteiger partial charge in [-0.05, 0) is 24.8 Å². The lowest BCUT2D eigenvalue weighted by Crippen LogP contribution is -2.58. The second kappa shape index (κ2) is 13.2. The molecule has 1 aromatic carbocycles. The largest absolute Gasteiger partial charge is 0.481 e. The third kappa shape index (κ3) is 9.06. The summed E-state index contributed by atoms with van der Waals surface area (Å²) in [4.78, 5) is 35.9. The van der Waals surface area contributed by atoms with Crippen molar-refractivity contribution < 1.29 is 39.9 Å². The lowest BCUT2D eigenvalue weighted by Gasteiger charge is -2.30. The standard InChI is InChI=1S/C22H35N3O8/c1-11(2)8-14(23)21(32)25-16(10-26)18(29)19(30)20(31)22(33)24-15(9-17(27)28)13-6-4-12(3)5-7-13/h4-7,11,14-16,18-20,26,29-31H,8-10,23H2,1-3H3,(H,24,33)(H,25,32)(H,27,28). The van der Waals surface area contributed by atoms with Crippen molar-refractivity contribution in [2.45, 2.75) is 70.1 Å². The van der Waals surface area contributed by atoms with E-state index in [0.717, 1.165) is 5.56 Å². The van der Waals surface area contributed by atoms with Crippen LogP contribution >= 0.6 is 0 Å². The number of amides is 2. The molecule has 0 aromatic heterocycles. The van der Waals surface area contributed by atoms with E-state index in [1.54, 1.807) is 24.3 Å². The van der Waals surface area contributed by atoms with Crippen molar-refractivity contribution in [3.05, 3.63) is 35.4 Å². The van der Waals surface area contributed by atoms with Crippen LogP contribution in [0, 0.1) is 12.8 Å². The van der Waals surface area contributed by atoms with Crippen LogP contribution in [0.2, 0.25) is 0 Å². The lowest BCUT2D eigenvalue weighted by molar-refractivity contribution is -0.145. The number of hydrogen-bond donors (Lipinski definition) is 8. The molecular formula is C22H35N3O8. The number of hydrogen-bond acceptors (Lipinski definition) is 8. The van der Waals surface area contributed by atoms with Crippen molar-refractivity contribution in [2.24, 2.45) is 11.7 Å². The maximum absolute atomic E-state index is 12.5. The van der Waals surface area contributed by atoms with Gasteiger partial charge in [0.2, 0.25) is 5.91 Å². The lowest BCUT2D eigenvalue weighted by atomic mass is 9.98. The van der Waals surface area contributed by atoms with E-state index in [2.05, 4.69) is 10.6 Å². The normalized spacial score (nSPS) is 16.9. The van der Waals surface area contributed by atoms with Crippen molar-refractivity contribution >= 4 is 17.8 Å². The minimum absolute atomic E-state index is 0.117. The van der Waals surface area contributed by atoms with Crippen LogP contribution in [0.25, 0.3) is 0 Å². The zero-order valence-corrected chi connectivity index (χ0v) is 19.0. The molecule has 6 atom stereocenters. The first-order valence-electron chi connectivity index (χ1n) is 10.7. The Bertz CT molecular complexity index is 786. The van der Waals surface area contributed by atoms with E-state index < -0.39 is 67.2 Å². The zero-order chi connectivity index (χ0) is 25.3. The van der Waals surface area contributed by atoms with Gasteiger partial charge in [0, 0.05) is 0 Å². The van der Waals surface area contributed by atoms with Crippen LogP contribution in [-0.2, 0) is 14.4 Å². The van der Waals surface area contributed by atoms with E-state index in [1.165, 1.54) is 0 Å². The summed E-state index contributed by atoms with van der Waals surface area (Å²) >= 11 is 0. The van der Waals surface area contributed by atoms with Gasteiger partial charge in [0.1, 0.15) is 12.2 Å². The number of nitrogens with two attached hydrogens (primary N) is 1. The number of aliphatic hydroxyl groups excluding tert-OH is 4. The molecule has 0 bridgehead atoms. The number of benzene rings is 1. The molecule has 1 rings (SSSR count). The highest BCUT2D eigenvalue weighted by atomic mass is 16.4. The Morgan fingerprint density at radius 1 is 0.970 bits per heavy atom. The zero-order valence-electron chi connectivity index (χ0n) is 19.0. The Labute approximate surface area is 192 Å². The summed E-state index contributed by atoms with van der Waals surface area (Å²) in [7, 11) is 0. The van der Waals surface area contributed by atoms with Gasteiger partial charge in [-0.25, -0.2) is 0 Å². The van der Waals surface area contributed by atoms with Gasteiger partial charge in [-0.2, -0.15) is 0 Å². The predicted molar refractivity (Wildman–Crippen MR) is 119 cm³/mol. The number of aliphatic hydroxyl groups is 4. The van der Waals surface area contributed by atoms with Gasteiger partial charge in [-0.15, -0.1) is 0 Å². The van der Waals surface area contributed by atoms with Gasteiger partial charge < -0.3 is 41.9 Å². The van der Waals surface area contributed by atoms with Gasteiger partial charge in [0.25, 0.3) is 5.91 Å². The van der Waals surface area contributed by atoms with E-state index in [0.29, 0.717) is 12.0 Å². The molecule has 186 valence electrons. The number of carbonyl (C=O) groups is 3. The van der Waals surface area contributed by atoms with E-state index in [-0.39, 0.29) is 5.92 Å². The average Bonchev–Trinajstić information content (AvgIpc) is 2.74. The molecule has 33 heavy (non-hydrogen) atoms. The fraction of sp³-hybridized carbons (Fsp3) is 0.591. The maximum Gasteiger partial charge on any atom is 0.305 e. The van der Waals surface area contributed by atoms with Crippen molar-refractivity contribution in [3.8, 4) is 0 Å². The van der Waals surface area contributed by atoms with Crippen molar-refractivity contribution in [2.75, 3.05) is 6.61 Å². The van der Waals surface area contributed by atoms with Crippen molar-refractivity contribution in [1.29, 1.82) is 0 Å². The fourth-order valence-electron chi connectivity index (χ4n) is 3.21. The number of rotatable bonds is 13. The van der Waals surface area contributed by atoms with Crippen LogP contribution in [0.3, 0.4) is 0 Å². The Balaban J connectivity index is 2.86. The summed E-state index contributed by atoms with van der Waals surface area (Å²) in [5.41, 5.74) is 7.16. The molecule has 11 heteroatoms. The first-order valence-corrected chi connectivity index (χ1v) is 10.7. The fourth-order valence-corrected chi connectivity index (χ4v) is 3.21. The number of carbonyl (C=O) groups excluding carboxylic acids is 2. The van der Waals surface area contributed by atoms with Gasteiger partial charge in [0.05, 0.1) is 31.2 Å². The van der Waals surface area contributed by atoms with E-state index in [9.17, 15) is 34.8 Å². The van der Waals surface area contributed by atoms with Gasteiger partial charge in [-0.3, -0.25) is 14.4 Å². The molecule has 0 spiro atoms. The van der Waals surface area contributed by atoms with Crippen LogP contribution in [0.5, 0.6) is 0 Å². The molecule has 0 aliphatic heterocycles. The quantitative estimate of drug-likeness (QED) is 0.170. The minimum atomic E-state index is -2.17.